The van der Waals surface area contributed by atoms with E-state index in [-0.39, 0.29) is 11.2 Å². The van der Waals surface area contributed by atoms with Crippen molar-refractivity contribution in [3.05, 3.63) is 68.6 Å². The number of nitrogens with one attached hydrogen (secondary N) is 1. The molecule has 4 aromatic rings. The number of nitrogens with zero attached hydrogens (tertiary/aromatic N) is 6. The first-order valence-corrected chi connectivity index (χ1v) is 10.8. The lowest BCUT2D eigenvalue weighted by Gasteiger charge is -2.09. The van der Waals surface area contributed by atoms with Gasteiger partial charge < -0.3 is 4.98 Å². The summed E-state index contributed by atoms with van der Waals surface area (Å²) < 4.78 is 4.48. The molecule has 1 aromatic carbocycles. The quantitative estimate of drug-likeness (QED) is 0.462. The first-order valence-electron chi connectivity index (χ1n) is 10.8. The molecule has 1 N–H and O–H groups in total. The smallest absolute Gasteiger partial charge is 0.332 e. The molecule has 0 bridgehead atoms. The second-order valence-electron chi connectivity index (χ2n) is 7.60. The van der Waals surface area contributed by atoms with E-state index >= 15 is 0 Å². The Morgan fingerprint density at radius 3 is 2.61 bits per heavy atom. The monoisotopic (exact) mass is 441 g/mol. The van der Waals surface area contributed by atoms with Crippen LogP contribution in [-0.2, 0) is 19.6 Å². The van der Waals surface area contributed by atoms with E-state index in [1.165, 1.54) is 4.57 Å². The SMILES string of the molecule is CCCn1c(=O)c2[nH]c(-c3cnn(CC#Cc4cccc(C#N)c4)c3)nc2n(CCC)c1=O. The molecule has 0 fully saturated rings. The minimum atomic E-state index is -0.360. The van der Waals surface area contributed by atoms with Gasteiger partial charge in [-0.05, 0) is 31.0 Å². The van der Waals surface area contributed by atoms with Crippen molar-refractivity contribution < 1.29 is 0 Å². The molecule has 0 aliphatic rings. The van der Waals surface area contributed by atoms with Gasteiger partial charge in [-0.2, -0.15) is 10.4 Å². The topological polar surface area (TPSA) is 114 Å². The van der Waals surface area contributed by atoms with E-state index in [9.17, 15) is 9.59 Å². The summed E-state index contributed by atoms with van der Waals surface area (Å²) >= 11 is 0. The van der Waals surface area contributed by atoms with Crippen molar-refractivity contribution in [1.82, 2.24) is 28.9 Å². The van der Waals surface area contributed by atoms with Crippen LogP contribution >= 0.6 is 0 Å². The second-order valence-corrected chi connectivity index (χ2v) is 7.60. The van der Waals surface area contributed by atoms with Gasteiger partial charge in [0, 0.05) is 24.8 Å². The Morgan fingerprint density at radius 2 is 1.85 bits per heavy atom. The first kappa shape index (κ1) is 21.8. The molecule has 0 aliphatic carbocycles. The molecule has 3 aromatic heterocycles. The maximum atomic E-state index is 12.9. The lowest BCUT2D eigenvalue weighted by molar-refractivity contribution is 0.555. The summed E-state index contributed by atoms with van der Waals surface area (Å²) in [6.07, 6.45) is 4.85. The summed E-state index contributed by atoms with van der Waals surface area (Å²) in [6.45, 7) is 5.09. The number of aromatic amines is 1. The van der Waals surface area contributed by atoms with E-state index in [1.54, 1.807) is 39.8 Å². The van der Waals surface area contributed by atoms with Gasteiger partial charge in [0.2, 0.25) is 0 Å². The van der Waals surface area contributed by atoms with Crippen LogP contribution in [-0.4, -0.2) is 28.9 Å². The molecule has 0 unspecified atom stereocenters. The number of H-pyrrole nitrogens is 1. The van der Waals surface area contributed by atoms with Crippen molar-refractivity contribution >= 4 is 11.2 Å². The van der Waals surface area contributed by atoms with Gasteiger partial charge in [-0.1, -0.05) is 31.8 Å². The van der Waals surface area contributed by atoms with Crippen LogP contribution in [0.15, 0.2) is 46.2 Å². The van der Waals surface area contributed by atoms with Gasteiger partial charge in [-0.15, -0.1) is 0 Å². The van der Waals surface area contributed by atoms with Gasteiger partial charge in [0.15, 0.2) is 5.65 Å². The van der Waals surface area contributed by atoms with Crippen LogP contribution in [0.4, 0.5) is 0 Å². The molecule has 0 radical (unpaired) electrons. The summed E-state index contributed by atoms with van der Waals surface area (Å²) in [5.41, 5.74) is 2.00. The van der Waals surface area contributed by atoms with Crippen LogP contribution in [0.5, 0.6) is 0 Å². The van der Waals surface area contributed by atoms with Gasteiger partial charge in [0.1, 0.15) is 17.9 Å². The summed E-state index contributed by atoms with van der Waals surface area (Å²) in [5, 5.41) is 13.3. The number of benzene rings is 1. The van der Waals surface area contributed by atoms with E-state index in [4.69, 9.17) is 5.26 Å². The van der Waals surface area contributed by atoms with E-state index in [0.717, 1.165) is 12.0 Å². The highest BCUT2D eigenvalue weighted by Crippen LogP contribution is 2.18. The molecule has 0 amide bonds. The Morgan fingerprint density at radius 1 is 1.09 bits per heavy atom. The Balaban J connectivity index is 1.66. The van der Waals surface area contributed by atoms with Crippen LogP contribution in [0.3, 0.4) is 0 Å². The fourth-order valence-corrected chi connectivity index (χ4v) is 3.61. The summed E-state index contributed by atoms with van der Waals surface area (Å²) in [5.74, 6) is 6.53. The van der Waals surface area contributed by atoms with Gasteiger partial charge in [0.05, 0.1) is 23.4 Å². The average molecular weight is 441 g/mol. The molecular weight excluding hydrogens is 418 g/mol. The van der Waals surface area contributed by atoms with Crippen molar-refractivity contribution in [3.8, 4) is 29.3 Å². The molecule has 0 atom stereocenters. The molecule has 166 valence electrons. The third kappa shape index (κ3) is 4.35. The van der Waals surface area contributed by atoms with Gasteiger partial charge in [0.25, 0.3) is 5.56 Å². The molecule has 9 heteroatoms. The fourth-order valence-electron chi connectivity index (χ4n) is 3.61. The number of aryl methyl sites for hydroxylation is 1. The van der Waals surface area contributed by atoms with Gasteiger partial charge in [-0.25, -0.2) is 9.78 Å². The molecule has 4 rings (SSSR count). The van der Waals surface area contributed by atoms with E-state index in [2.05, 4.69) is 33.0 Å². The molecule has 0 saturated carbocycles. The van der Waals surface area contributed by atoms with E-state index in [1.807, 2.05) is 19.9 Å². The zero-order chi connectivity index (χ0) is 23.4. The molecule has 9 nitrogen and oxygen atoms in total. The molecule has 33 heavy (non-hydrogen) atoms. The van der Waals surface area contributed by atoms with Crippen LogP contribution in [0.1, 0.15) is 37.8 Å². The number of hydrogen-bond donors (Lipinski definition) is 1. The number of imidazole rings is 1. The Bertz CT molecular complexity index is 1530. The van der Waals surface area contributed by atoms with Crippen LogP contribution in [0.25, 0.3) is 22.6 Å². The minimum Gasteiger partial charge on any atom is -0.332 e. The predicted octanol–water partition coefficient (Wildman–Crippen LogP) is 2.49. The Kier molecular flexibility index (Phi) is 6.23. The third-order valence-corrected chi connectivity index (χ3v) is 5.13. The summed E-state index contributed by atoms with van der Waals surface area (Å²) in [7, 11) is 0. The highest BCUT2D eigenvalue weighted by Gasteiger charge is 2.18. The fraction of sp³-hybridized carbons (Fsp3) is 0.292. The molecule has 0 saturated heterocycles. The van der Waals surface area contributed by atoms with Crippen LogP contribution in [0.2, 0.25) is 0 Å². The summed E-state index contributed by atoms with van der Waals surface area (Å²) in [4.78, 5) is 33.4. The Hall–Kier alpha value is -4.37. The standard InChI is InChI=1S/C24H23N7O2/c1-3-10-30-22-20(23(32)31(11-4-2)24(30)33)27-21(28-22)19-15-26-29(16-19)12-6-9-17-7-5-8-18(13-17)14-25/h5,7-8,13,15-16H,3-4,10-12H2,1-2H3,(H,27,28). The average Bonchev–Trinajstić information content (AvgIpc) is 3.47. The maximum Gasteiger partial charge on any atom is 0.332 e. The highest BCUT2D eigenvalue weighted by molar-refractivity contribution is 5.75. The Labute approximate surface area is 189 Å². The molecule has 0 spiro atoms. The lowest BCUT2D eigenvalue weighted by atomic mass is 10.1. The second kappa shape index (κ2) is 9.41. The largest absolute Gasteiger partial charge is 0.332 e. The molecule has 3 heterocycles. The van der Waals surface area contributed by atoms with Gasteiger partial charge in [-0.3, -0.25) is 18.6 Å². The van der Waals surface area contributed by atoms with Crippen molar-refractivity contribution in [2.45, 2.75) is 46.3 Å². The van der Waals surface area contributed by atoms with Crippen LogP contribution < -0.4 is 11.2 Å². The maximum absolute atomic E-state index is 12.9. The normalized spacial score (nSPS) is 10.7. The summed E-state index contributed by atoms with van der Waals surface area (Å²) in [6, 6.07) is 9.20. The van der Waals surface area contributed by atoms with Crippen molar-refractivity contribution in [2.75, 3.05) is 0 Å². The number of aromatic nitrogens is 6. The predicted molar refractivity (Wildman–Crippen MR) is 124 cm³/mol. The van der Waals surface area contributed by atoms with Crippen molar-refractivity contribution in [3.63, 3.8) is 0 Å². The molecular formula is C24H23N7O2. The lowest BCUT2D eigenvalue weighted by Crippen LogP contribution is -2.40. The van der Waals surface area contributed by atoms with Crippen molar-refractivity contribution in [1.29, 1.82) is 5.26 Å². The van der Waals surface area contributed by atoms with E-state index in [0.29, 0.717) is 54.2 Å². The number of hydrogen-bond acceptors (Lipinski definition) is 5. The van der Waals surface area contributed by atoms with Crippen LogP contribution in [0, 0.1) is 23.2 Å². The number of nitriles is 1. The van der Waals surface area contributed by atoms with Crippen molar-refractivity contribution in [2.24, 2.45) is 0 Å². The highest BCUT2D eigenvalue weighted by atomic mass is 16.2. The van der Waals surface area contributed by atoms with Gasteiger partial charge >= 0.3 is 5.69 Å². The molecule has 0 aliphatic heterocycles. The zero-order valence-corrected chi connectivity index (χ0v) is 18.5. The number of fused-ring (bicyclic) bond motifs is 1. The number of rotatable bonds is 6. The van der Waals surface area contributed by atoms with E-state index < -0.39 is 0 Å². The first-order chi connectivity index (χ1) is 16.0. The zero-order valence-electron chi connectivity index (χ0n) is 18.5. The third-order valence-electron chi connectivity index (χ3n) is 5.13. The minimum absolute atomic E-state index is 0.316.